The first-order valence-corrected chi connectivity index (χ1v) is 9.53. The summed E-state index contributed by atoms with van der Waals surface area (Å²) >= 11 is 0. The Kier molecular flexibility index (Phi) is 5.16. The van der Waals surface area contributed by atoms with E-state index in [0.29, 0.717) is 5.92 Å². The highest BCUT2D eigenvalue weighted by Gasteiger charge is 2.22. The van der Waals surface area contributed by atoms with E-state index in [1.165, 1.54) is 24.1 Å². The van der Waals surface area contributed by atoms with Crippen molar-refractivity contribution in [2.24, 2.45) is 7.05 Å². The number of aryl methyl sites for hydroxylation is 2. The van der Waals surface area contributed by atoms with E-state index in [1.807, 2.05) is 30.2 Å². The van der Waals surface area contributed by atoms with Gasteiger partial charge in [-0.2, -0.15) is 5.10 Å². The number of hydrogen-bond donors (Lipinski definition) is 1. The Morgan fingerprint density at radius 1 is 1.15 bits per heavy atom. The SMILES string of the molecule is Cc1cccnc1Nc1cc([C@H]2CCCN(Cc3ccnn3C)C2)ccn1. The van der Waals surface area contributed by atoms with Crippen molar-refractivity contribution in [2.45, 2.75) is 32.2 Å². The standard InChI is InChI=1S/C21H26N6/c1-16-5-3-9-23-21(16)25-20-13-17(7-10-22-20)18-6-4-12-27(14-18)15-19-8-11-24-26(19)2/h3,5,7-11,13,18H,4,6,12,14-15H2,1-2H3,(H,22,23,25)/t18-/m0/s1. The molecule has 0 amide bonds. The molecule has 6 heteroatoms. The zero-order chi connectivity index (χ0) is 18.6. The zero-order valence-electron chi connectivity index (χ0n) is 16.0. The Hall–Kier alpha value is -2.73. The van der Waals surface area contributed by atoms with Crippen molar-refractivity contribution in [1.82, 2.24) is 24.6 Å². The fourth-order valence-corrected chi connectivity index (χ4v) is 3.76. The first-order chi connectivity index (χ1) is 13.2. The molecule has 0 aromatic carbocycles. The largest absolute Gasteiger partial charge is 0.325 e. The van der Waals surface area contributed by atoms with Crippen LogP contribution >= 0.6 is 0 Å². The van der Waals surface area contributed by atoms with Gasteiger partial charge < -0.3 is 5.32 Å². The number of hydrogen-bond acceptors (Lipinski definition) is 5. The van der Waals surface area contributed by atoms with Crippen LogP contribution in [0.3, 0.4) is 0 Å². The summed E-state index contributed by atoms with van der Waals surface area (Å²) < 4.78 is 1.97. The van der Waals surface area contributed by atoms with Gasteiger partial charge in [-0.3, -0.25) is 9.58 Å². The molecule has 0 aliphatic carbocycles. The number of anilines is 2. The third-order valence-corrected chi connectivity index (χ3v) is 5.32. The molecule has 6 nitrogen and oxygen atoms in total. The summed E-state index contributed by atoms with van der Waals surface area (Å²) in [5.74, 6) is 2.25. The summed E-state index contributed by atoms with van der Waals surface area (Å²) in [5.41, 5.74) is 3.72. The number of rotatable bonds is 5. The highest BCUT2D eigenvalue weighted by atomic mass is 15.3. The van der Waals surface area contributed by atoms with Crippen LogP contribution in [0.4, 0.5) is 11.6 Å². The average molecular weight is 362 g/mol. The molecule has 140 valence electrons. The summed E-state index contributed by atoms with van der Waals surface area (Å²) in [6.07, 6.45) is 8.00. The van der Waals surface area contributed by atoms with E-state index in [9.17, 15) is 0 Å². The number of pyridine rings is 2. The Balaban J connectivity index is 1.46. The van der Waals surface area contributed by atoms with Gasteiger partial charge in [0, 0.05) is 38.7 Å². The molecule has 0 bridgehead atoms. The molecule has 0 spiro atoms. The molecule has 4 heterocycles. The van der Waals surface area contributed by atoms with Crippen LogP contribution < -0.4 is 5.32 Å². The van der Waals surface area contributed by atoms with E-state index in [0.717, 1.165) is 36.8 Å². The lowest BCUT2D eigenvalue weighted by Crippen LogP contribution is -2.34. The van der Waals surface area contributed by atoms with E-state index in [4.69, 9.17) is 0 Å². The van der Waals surface area contributed by atoms with Gasteiger partial charge in [-0.25, -0.2) is 9.97 Å². The summed E-state index contributed by atoms with van der Waals surface area (Å²) in [4.78, 5) is 11.4. The maximum absolute atomic E-state index is 4.49. The Morgan fingerprint density at radius 2 is 2.07 bits per heavy atom. The van der Waals surface area contributed by atoms with Gasteiger partial charge in [0.15, 0.2) is 0 Å². The molecule has 0 unspecified atom stereocenters. The topological polar surface area (TPSA) is 58.9 Å². The molecular weight excluding hydrogens is 336 g/mol. The Labute approximate surface area is 160 Å². The van der Waals surface area contributed by atoms with Crippen molar-refractivity contribution in [3.05, 3.63) is 65.7 Å². The molecule has 0 radical (unpaired) electrons. The highest BCUT2D eigenvalue weighted by Crippen LogP contribution is 2.29. The monoisotopic (exact) mass is 362 g/mol. The molecule has 1 aliphatic rings. The predicted molar refractivity (Wildman–Crippen MR) is 107 cm³/mol. The van der Waals surface area contributed by atoms with Crippen LogP contribution in [0.5, 0.6) is 0 Å². The Bertz CT molecular complexity index is 903. The van der Waals surface area contributed by atoms with E-state index in [-0.39, 0.29) is 0 Å². The molecule has 0 saturated carbocycles. The minimum Gasteiger partial charge on any atom is -0.325 e. The fourth-order valence-electron chi connectivity index (χ4n) is 3.76. The second kappa shape index (κ2) is 7.88. The van der Waals surface area contributed by atoms with Crippen molar-refractivity contribution in [2.75, 3.05) is 18.4 Å². The molecule has 4 rings (SSSR count). The van der Waals surface area contributed by atoms with Crippen molar-refractivity contribution in [3.8, 4) is 0 Å². The van der Waals surface area contributed by atoms with E-state index >= 15 is 0 Å². The van der Waals surface area contributed by atoms with Crippen molar-refractivity contribution >= 4 is 11.6 Å². The number of likely N-dealkylation sites (tertiary alicyclic amines) is 1. The van der Waals surface area contributed by atoms with Crippen LogP contribution in [-0.4, -0.2) is 37.7 Å². The summed E-state index contributed by atoms with van der Waals surface area (Å²) in [6, 6.07) is 10.4. The maximum atomic E-state index is 4.49. The van der Waals surface area contributed by atoms with Gasteiger partial charge in [0.2, 0.25) is 0 Å². The zero-order valence-corrected chi connectivity index (χ0v) is 16.0. The van der Waals surface area contributed by atoms with Gasteiger partial charge in [0.25, 0.3) is 0 Å². The van der Waals surface area contributed by atoms with Gasteiger partial charge in [-0.15, -0.1) is 0 Å². The molecule has 1 atom stereocenters. The molecular formula is C21H26N6. The lowest BCUT2D eigenvalue weighted by molar-refractivity contribution is 0.196. The first-order valence-electron chi connectivity index (χ1n) is 9.53. The third kappa shape index (κ3) is 4.17. The minimum atomic E-state index is 0.528. The smallest absolute Gasteiger partial charge is 0.134 e. The number of nitrogens with one attached hydrogen (secondary N) is 1. The Morgan fingerprint density at radius 3 is 2.89 bits per heavy atom. The van der Waals surface area contributed by atoms with Gasteiger partial charge in [-0.1, -0.05) is 6.07 Å². The lowest BCUT2D eigenvalue weighted by atomic mass is 9.91. The third-order valence-electron chi connectivity index (χ3n) is 5.32. The quantitative estimate of drug-likeness (QED) is 0.751. The minimum absolute atomic E-state index is 0.528. The van der Waals surface area contributed by atoms with Crippen LogP contribution in [0, 0.1) is 6.92 Å². The number of nitrogens with zero attached hydrogens (tertiary/aromatic N) is 5. The summed E-state index contributed by atoms with van der Waals surface area (Å²) in [6.45, 7) is 5.22. The van der Waals surface area contributed by atoms with Crippen LogP contribution in [0.1, 0.15) is 35.6 Å². The molecule has 1 aliphatic heterocycles. The van der Waals surface area contributed by atoms with Crippen LogP contribution in [-0.2, 0) is 13.6 Å². The van der Waals surface area contributed by atoms with Crippen LogP contribution in [0.2, 0.25) is 0 Å². The molecule has 1 N–H and O–H groups in total. The normalized spacial score (nSPS) is 17.8. The molecule has 1 saturated heterocycles. The van der Waals surface area contributed by atoms with Crippen molar-refractivity contribution in [1.29, 1.82) is 0 Å². The fraction of sp³-hybridized carbons (Fsp3) is 0.381. The van der Waals surface area contributed by atoms with Gasteiger partial charge in [0.1, 0.15) is 11.6 Å². The van der Waals surface area contributed by atoms with Gasteiger partial charge in [0.05, 0.1) is 5.69 Å². The summed E-state index contributed by atoms with van der Waals surface area (Å²) in [7, 11) is 2.01. The van der Waals surface area contributed by atoms with Crippen LogP contribution in [0.25, 0.3) is 0 Å². The van der Waals surface area contributed by atoms with Crippen LogP contribution in [0.15, 0.2) is 48.9 Å². The second-order valence-electron chi connectivity index (χ2n) is 7.29. The number of aromatic nitrogens is 4. The average Bonchev–Trinajstić information content (AvgIpc) is 3.09. The van der Waals surface area contributed by atoms with E-state index in [1.54, 1.807) is 6.20 Å². The maximum Gasteiger partial charge on any atom is 0.134 e. The van der Waals surface area contributed by atoms with E-state index < -0.39 is 0 Å². The highest BCUT2D eigenvalue weighted by molar-refractivity contribution is 5.56. The van der Waals surface area contributed by atoms with Crippen molar-refractivity contribution in [3.63, 3.8) is 0 Å². The lowest BCUT2D eigenvalue weighted by Gasteiger charge is -2.33. The van der Waals surface area contributed by atoms with Crippen molar-refractivity contribution < 1.29 is 0 Å². The second-order valence-corrected chi connectivity index (χ2v) is 7.29. The van der Waals surface area contributed by atoms with Gasteiger partial charge in [-0.05, 0) is 67.6 Å². The predicted octanol–water partition coefficient (Wildman–Crippen LogP) is 3.64. The summed E-state index contributed by atoms with van der Waals surface area (Å²) in [5, 5.41) is 7.64. The van der Waals surface area contributed by atoms with E-state index in [2.05, 4.69) is 56.5 Å². The number of piperidine rings is 1. The molecule has 3 aromatic rings. The molecule has 27 heavy (non-hydrogen) atoms. The van der Waals surface area contributed by atoms with Gasteiger partial charge >= 0.3 is 0 Å². The molecule has 3 aromatic heterocycles. The first kappa shape index (κ1) is 17.7. The molecule has 1 fully saturated rings.